The van der Waals surface area contributed by atoms with Crippen molar-refractivity contribution in [2.24, 2.45) is 0 Å². The molecule has 1 rings (SSSR count). The summed E-state index contributed by atoms with van der Waals surface area (Å²) in [6, 6.07) is 2.55. The van der Waals surface area contributed by atoms with Gasteiger partial charge in [0.05, 0.1) is 16.7 Å². The number of carboxylic acid groups (broad SMARTS) is 3. The molecule has 0 radical (unpaired) electrons. The van der Waals surface area contributed by atoms with E-state index in [0.717, 1.165) is 31.7 Å². The Morgan fingerprint density at radius 1 is 0.857 bits per heavy atom. The summed E-state index contributed by atoms with van der Waals surface area (Å²) < 4.78 is 0. The fourth-order valence-electron chi connectivity index (χ4n) is 2.24. The first-order valence-electron chi connectivity index (χ1n) is 6.75. The Kier molecular flexibility index (Phi) is 5.90. The maximum Gasteiger partial charge on any atom is 0.337 e. The highest BCUT2D eigenvalue weighted by Crippen LogP contribution is 2.22. The first-order chi connectivity index (χ1) is 9.90. The number of carbonyl (C=O) groups is 3. The second-order valence-corrected chi connectivity index (χ2v) is 4.75. The summed E-state index contributed by atoms with van der Waals surface area (Å²) in [6.45, 7) is 2.05. The van der Waals surface area contributed by atoms with E-state index in [4.69, 9.17) is 10.2 Å². The quantitative estimate of drug-likeness (QED) is 0.635. The lowest BCUT2D eigenvalue weighted by atomic mass is 9.92. The topological polar surface area (TPSA) is 112 Å². The Morgan fingerprint density at radius 3 is 1.95 bits per heavy atom. The Balaban J connectivity index is 3.26. The van der Waals surface area contributed by atoms with Crippen LogP contribution in [0.25, 0.3) is 0 Å². The fraction of sp³-hybridized carbons (Fsp3) is 0.400. The van der Waals surface area contributed by atoms with Gasteiger partial charge in [-0.2, -0.15) is 0 Å². The number of hydrogen-bond donors (Lipinski definition) is 3. The Hall–Kier alpha value is -2.37. The minimum atomic E-state index is -1.54. The molecule has 0 spiro atoms. The second-order valence-electron chi connectivity index (χ2n) is 4.75. The van der Waals surface area contributed by atoms with Crippen molar-refractivity contribution in [1.82, 2.24) is 0 Å². The van der Waals surface area contributed by atoms with Gasteiger partial charge in [0.2, 0.25) is 0 Å². The lowest BCUT2D eigenvalue weighted by Gasteiger charge is -2.11. The van der Waals surface area contributed by atoms with Crippen LogP contribution >= 0.6 is 0 Å². The van der Waals surface area contributed by atoms with Gasteiger partial charge in [-0.25, -0.2) is 14.4 Å². The Morgan fingerprint density at radius 2 is 1.48 bits per heavy atom. The van der Waals surface area contributed by atoms with E-state index in [9.17, 15) is 19.5 Å². The highest BCUT2D eigenvalue weighted by Gasteiger charge is 2.26. The van der Waals surface area contributed by atoms with E-state index < -0.39 is 34.6 Å². The van der Waals surface area contributed by atoms with Crippen LogP contribution in [0, 0.1) is 0 Å². The molecule has 0 unspecified atom stereocenters. The smallest absolute Gasteiger partial charge is 0.337 e. The first-order valence-corrected chi connectivity index (χ1v) is 6.75. The van der Waals surface area contributed by atoms with E-state index in [1.54, 1.807) is 0 Å². The Labute approximate surface area is 122 Å². The third-order valence-electron chi connectivity index (χ3n) is 3.25. The molecule has 0 saturated carbocycles. The van der Waals surface area contributed by atoms with Crippen molar-refractivity contribution in [1.29, 1.82) is 0 Å². The van der Waals surface area contributed by atoms with Crippen LogP contribution in [0.3, 0.4) is 0 Å². The molecule has 0 aliphatic carbocycles. The van der Waals surface area contributed by atoms with Gasteiger partial charge in [0.25, 0.3) is 0 Å². The highest BCUT2D eigenvalue weighted by atomic mass is 16.4. The zero-order valence-electron chi connectivity index (χ0n) is 11.8. The summed E-state index contributed by atoms with van der Waals surface area (Å²) in [6.07, 6.45) is 4.12. The molecule has 114 valence electrons. The summed E-state index contributed by atoms with van der Waals surface area (Å²) in [5, 5.41) is 27.4. The number of rotatable bonds is 8. The largest absolute Gasteiger partial charge is 0.478 e. The summed E-state index contributed by atoms with van der Waals surface area (Å²) in [4.78, 5) is 33.7. The van der Waals surface area contributed by atoms with E-state index in [0.29, 0.717) is 12.0 Å². The van der Waals surface area contributed by atoms with Gasteiger partial charge in [0.1, 0.15) is 0 Å². The van der Waals surface area contributed by atoms with Crippen molar-refractivity contribution in [3.63, 3.8) is 0 Å². The molecule has 21 heavy (non-hydrogen) atoms. The maximum atomic E-state index is 11.4. The number of aryl methyl sites for hydroxylation is 1. The minimum absolute atomic E-state index is 0.362. The lowest BCUT2D eigenvalue weighted by Crippen LogP contribution is -2.17. The molecule has 0 aromatic heterocycles. The molecule has 0 atom stereocenters. The van der Waals surface area contributed by atoms with E-state index >= 15 is 0 Å². The van der Waals surface area contributed by atoms with Crippen molar-refractivity contribution in [2.45, 2.75) is 39.0 Å². The molecule has 1 aromatic carbocycles. The summed E-state index contributed by atoms with van der Waals surface area (Å²) in [5.41, 5.74) is -1.21. The van der Waals surface area contributed by atoms with Gasteiger partial charge in [-0.1, -0.05) is 32.3 Å². The van der Waals surface area contributed by atoms with Crippen LogP contribution in [-0.4, -0.2) is 33.2 Å². The van der Waals surface area contributed by atoms with Gasteiger partial charge in [-0.3, -0.25) is 0 Å². The normalized spacial score (nSPS) is 10.3. The molecule has 0 amide bonds. The van der Waals surface area contributed by atoms with Gasteiger partial charge in [0.15, 0.2) is 0 Å². The van der Waals surface area contributed by atoms with Gasteiger partial charge in [-0.05, 0) is 24.5 Å². The minimum Gasteiger partial charge on any atom is -0.478 e. The molecule has 0 bridgehead atoms. The standard InChI is InChI=1S/C15H18O6/c1-2-3-4-5-6-9-7-8-10(13(16)17)12(15(20)21)11(9)14(18)19/h7-8H,2-6H2,1H3,(H,16,17)(H,18,19)(H,20,21). The van der Waals surface area contributed by atoms with E-state index in [1.807, 2.05) is 6.92 Å². The highest BCUT2D eigenvalue weighted by molar-refractivity contribution is 6.09. The lowest BCUT2D eigenvalue weighted by molar-refractivity contribution is 0.0632. The maximum absolute atomic E-state index is 11.4. The van der Waals surface area contributed by atoms with Crippen molar-refractivity contribution < 1.29 is 29.7 Å². The van der Waals surface area contributed by atoms with Crippen LogP contribution < -0.4 is 0 Å². The van der Waals surface area contributed by atoms with E-state index in [-0.39, 0.29) is 0 Å². The van der Waals surface area contributed by atoms with Crippen LogP contribution in [0.4, 0.5) is 0 Å². The number of benzene rings is 1. The van der Waals surface area contributed by atoms with Crippen molar-refractivity contribution in [3.8, 4) is 0 Å². The molecule has 1 aromatic rings. The molecule has 6 heteroatoms. The average Bonchev–Trinajstić information content (AvgIpc) is 2.42. The molecular formula is C15H18O6. The van der Waals surface area contributed by atoms with Gasteiger partial charge in [0, 0.05) is 0 Å². The van der Waals surface area contributed by atoms with Crippen molar-refractivity contribution >= 4 is 17.9 Å². The molecule has 0 aliphatic heterocycles. The second kappa shape index (κ2) is 7.42. The SMILES string of the molecule is CCCCCCc1ccc(C(=O)O)c(C(=O)O)c1C(=O)O. The van der Waals surface area contributed by atoms with Crippen molar-refractivity contribution in [3.05, 3.63) is 34.4 Å². The van der Waals surface area contributed by atoms with E-state index in [2.05, 4.69) is 0 Å². The van der Waals surface area contributed by atoms with Crippen LogP contribution in [0.15, 0.2) is 12.1 Å². The molecule has 0 heterocycles. The summed E-state index contributed by atoms with van der Waals surface area (Å²) in [7, 11) is 0. The summed E-state index contributed by atoms with van der Waals surface area (Å²) >= 11 is 0. The fourth-order valence-corrected chi connectivity index (χ4v) is 2.24. The monoisotopic (exact) mass is 294 g/mol. The van der Waals surface area contributed by atoms with Crippen LogP contribution in [0.5, 0.6) is 0 Å². The number of hydrogen-bond acceptors (Lipinski definition) is 3. The number of aromatic carboxylic acids is 3. The molecule has 3 N–H and O–H groups in total. The van der Waals surface area contributed by atoms with Crippen molar-refractivity contribution in [2.75, 3.05) is 0 Å². The van der Waals surface area contributed by atoms with E-state index in [1.165, 1.54) is 6.07 Å². The van der Waals surface area contributed by atoms with Gasteiger partial charge in [-0.15, -0.1) is 0 Å². The predicted octanol–water partition coefficient (Wildman–Crippen LogP) is 2.90. The van der Waals surface area contributed by atoms with Gasteiger partial charge < -0.3 is 15.3 Å². The zero-order valence-corrected chi connectivity index (χ0v) is 11.8. The van der Waals surface area contributed by atoms with Crippen LogP contribution in [0.1, 0.15) is 69.2 Å². The third-order valence-corrected chi connectivity index (χ3v) is 3.25. The predicted molar refractivity (Wildman–Crippen MR) is 75.2 cm³/mol. The number of carboxylic acids is 3. The number of unbranched alkanes of at least 4 members (excludes halogenated alkanes) is 3. The molecule has 6 nitrogen and oxygen atoms in total. The molecular weight excluding hydrogens is 276 g/mol. The zero-order chi connectivity index (χ0) is 16.0. The average molecular weight is 294 g/mol. The Bertz CT molecular complexity index is 562. The molecule has 0 aliphatic rings. The van der Waals surface area contributed by atoms with Gasteiger partial charge >= 0.3 is 17.9 Å². The molecule has 0 saturated heterocycles. The van der Waals surface area contributed by atoms with Crippen LogP contribution in [0.2, 0.25) is 0 Å². The van der Waals surface area contributed by atoms with Crippen LogP contribution in [-0.2, 0) is 6.42 Å². The first kappa shape index (κ1) is 16.7. The third kappa shape index (κ3) is 4.05. The molecule has 0 fully saturated rings. The summed E-state index contributed by atoms with van der Waals surface area (Å²) in [5.74, 6) is -4.41.